The van der Waals surface area contributed by atoms with Crippen LogP contribution in [0, 0.1) is 0 Å². The van der Waals surface area contributed by atoms with E-state index in [2.05, 4.69) is 0 Å². The van der Waals surface area contributed by atoms with Crippen LogP contribution < -0.4 is 0 Å². The van der Waals surface area contributed by atoms with Crippen LogP contribution in [-0.4, -0.2) is 28.7 Å². The molecular weight excluding hydrogens is 404 g/mol. The zero-order valence-electron chi connectivity index (χ0n) is 14.8. The fraction of sp³-hybridized carbons (Fsp3) is 0.190. The molecule has 28 heavy (non-hydrogen) atoms. The zero-order valence-corrected chi connectivity index (χ0v) is 16.4. The van der Waals surface area contributed by atoms with E-state index in [-0.39, 0.29) is 6.61 Å². The first-order valence-corrected chi connectivity index (χ1v) is 9.90. The van der Waals surface area contributed by atoms with Crippen molar-refractivity contribution in [2.75, 3.05) is 5.88 Å². The summed E-state index contributed by atoms with van der Waals surface area (Å²) >= 11 is 6.68. The predicted octanol–water partition coefficient (Wildman–Crippen LogP) is 6.36. The van der Waals surface area contributed by atoms with Gasteiger partial charge in [0.05, 0.1) is 0 Å². The third-order valence-electron chi connectivity index (χ3n) is 4.08. The molecule has 0 aliphatic heterocycles. The van der Waals surface area contributed by atoms with Crippen molar-refractivity contribution in [3.8, 4) is 0 Å². The van der Waals surface area contributed by atoms with E-state index in [0.29, 0.717) is 4.90 Å². The summed E-state index contributed by atoms with van der Waals surface area (Å²) in [6, 6.07) is 20.6. The quantitative estimate of drug-likeness (QED) is 0.328. The first-order valence-electron chi connectivity index (χ1n) is 8.60. The molecule has 1 atom stereocenters. The molecule has 0 aliphatic carbocycles. The lowest BCUT2D eigenvalue weighted by Gasteiger charge is -2.28. The number of halogens is 3. The van der Waals surface area contributed by atoms with Crippen LogP contribution in [0.2, 0.25) is 0 Å². The van der Waals surface area contributed by atoms with E-state index < -0.39 is 24.4 Å². The van der Waals surface area contributed by atoms with Crippen LogP contribution in [-0.2, 0) is 11.3 Å². The van der Waals surface area contributed by atoms with Crippen LogP contribution in [0.1, 0.15) is 5.56 Å². The largest absolute Gasteiger partial charge is 0.444 e. The summed E-state index contributed by atoms with van der Waals surface area (Å²) in [6.07, 6.45) is -3.66. The molecule has 0 N–H and O–H groups in total. The van der Waals surface area contributed by atoms with Gasteiger partial charge < -0.3 is 4.74 Å². The third-order valence-corrected chi connectivity index (χ3v) is 5.57. The highest BCUT2D eigenvalue weighted by Gasteiger charge is 2.33. The van der Waals surface area contributed by atoms with Gasteiger partial charge in [0.25, 0.3) is 6.43 Å². The Balaban J connectivity index is 1.85. The molecule has 0 saturated carbocycles. The third kappa shape index (κ3) is 4.94. The molecule has 0 unspecified atom stereocenters. The molecule has 3 nitrogen and oxygen atoms in total. The van der Waals surface area contributed by atoms with Crippen LogP contribution in [0.15, 0.2) is 77.7 Å². The molecule has 7 heteroatoms. The van der Waals surface area contributed by atoms with Gasteiger partial charge in [-0.3, -0.25) is 0 Å². The molecular formula is C21H18ClF2NO2S. The Morgan fingerprint density at radius 2 is 1.68 bits per heavy atom. The van der Waals surface area contributed by atoms with E-state index in [9.17, 15) is 13.6 Å². The normalized spacial score (nSPS) is 12.1. The topological polar surface area (TPSA) is 29.5 Å². The van der Waals surface area contributed by atoms with Crippen molar-refractivity contribution in [1.29, 1.82) is 0 Å². The van der Waals surface area contributed by atoms with Crippen LogP contribution in [0.25, 0.3) is 10.8 Å². The Hall–Kier alpha value is -2.31. The summed E-state index contributed by atoms with van der Waals surface area (Å²) in [6.45, 7) is -0.00941. The maximum atomic E-state index is 13.5. The molecule has 0 fully saturated rings. The second-order valence-corrected chi connectivity index (χ2v) is 7.32. The smallest absolute Gasteiger partial charge is 0.420 e. The highest BCUT2D eigenvalue weighted by atomic mass is 35.5. The van der Waals surface area contributed by atoms with Gasteiger partial charge in [-0.05, 0) is 34.4 Å². The molecule has 0 aliphatic rings. The summed E-state index contributed by atoms with van der Waals surface area (Å²) in [5.74, 6) is -0.407. The second kappa shape index (κ2) is 9.75. The van der Waals surface area contributed by atoms with Crippen LogP contribution in [0.3, 0.4) is 0 Å². The number of rotatable bonds is 7. The monoisotopic (exact) mass is 421 g/mol. The van der Waals surface area contributed by atoms with Crippen molar-refractivity contribution in [2.45, 2.75) is 24.0 Å². The maximum absolute atomic E-state index is 13.5. The van der Waals surface area contributed by atoms with Gasteiger partial charge in [0.1, 0.15) is 12.6 Å². The number of fused-ring (bicyclic) bond motifs is 1. The number of carbonyl (C=O) groups excluding carboxylic acids is 1. The van der Waals surface area contributed by atoms with Crippen LogP contribution in [0.4, 0.5) is 13.6 Å². The maximum Gasteiger partial charge on any atom is 0.420 e. The fourth-order valence-electron chi connectivity index (χ4n) is 2.64. The summed E-state index contributed by atoms with van der Waals surface area (Å²) in [7, 11) is 0. The minimum absolute atomic E-state index is 0.00941. The minimum Gasteiger partial charge on any atom is -0.444 e. The number of amides is 1. The SMILES string of the molecule is O=C(OCc1ccccc1)N(Sc1cccc2ccccc12)[C@H](CCl)C(F)F. The number of ether oxygens (including phenoxy) is 1. The summed E-state index contributed by atoms with van der Waals surface area (Å²) < 4.78 is 33.3. The van der Waals surface area contributed by atoms with Gasteiger partial charge in [0, 0.05) is 10.8 Å². The van der Waals surface area contributed by atoms with Gasteiger partial charge in [-0.2, -0.15) is 0 Å². The van der Waals surface area contributed by atoms with E-state index in [4.69, 9.17) is 16.3 Å². The van der Waals surface area contributed by atoms with Gasteiger partial charge in [-0.25, -0.2) is 17.9 Å². The van der Waals surface area contributed by atoms with Crippen molar-refractivity contribution in [3.63, 3.8) is 0 Å². The van der Waals surface area contributed by atoms with Crippen LogP contribution in [0.5, 0.6) is 0 Å². The highest BCUT2D eigenvalue weighted by Crippen LogP contribution is 2.34. The molecule has 0 radical (unpaired) electrons. The molecule has 1 amide bonds. The molecule has 0 spiro atoms. The van der Waals surface area contributed by atoms with Gasteiger partial charge in [0.15, 0.2) is 0 Å². The van der Waals surface area contributed by atoms with Gasteiger partial charge in [-0.15, -0.1) is 11.6 Å². The van der Waals surface area contributed by atoms with Crippen molar-refractivity contribution in [1.82, 2.24) is 4.31 Å². The van der Waals surface area contributed by atoms with Crippen molar-refractivity contribution in [2.24, 2.45) is 0 Å². The fourth-order valence-corrected chi connectivity index (χ4v) is 4.06. The standard InChI is InChI=1S/C21H18ClF2NO2S/c22-13-18(20(23)24)25(21(26)27-14-15-7-2-1-3-8-15)28-19-12-6-10-16-9-4-5-11-17(16)19/h1-12,18,20H,13-14H2/t18-/m1/s1. The Kier molecular flexibility index (Phi) is 7.12. The average molecular weight is 422 g/mol. The Morgan fingerprint density at radius 1 is 1.00 bits per heavy atom. The van der Waals surface area contributed by atoms with E-state index in [0.717, 1.165) is 32.6 Å². The summed E-state index contributed by atoms with van der Waals surface area (Å²) in [5, 5.41) is 1.81. The van der Waals surface area contributed by atoms with Gasteiger partial charge in [-0.1, -0.05) is 66.7 Å². The van der Waals surface area contributed by atoms with Crippen molar-refractivity contribution < 1.29 is 18.3 Å². The lowest BCUT2D eigenvalue weighted by molar-refractivity contribution is 0.0585. The molecule has 3 aromatic carbocycles. The Morgan fingerprint density at radius 3 is 2.39 bits per heavy atom. The molecule has 0 bridgehead atoms. The van der Waals surface area contributed by atoms with Gasteiger partial charge >= 0.3 is 6.09 Å². The van der Waals surface area contributed by atoms with Crippen molar-refractivity contribution in [3.05, 3.63) is 78.4 Å². The Bertz CT molecular complexity index is 921. The molecule has 146 valence electrons. The van der Waals surface area contributed by atoms with E-state index in [1.807, 2.05) is 54.6 Å². The minimum atomic E-state index is -2.80. The predicted molar refractivity (Wildman–Crippen MR) is 109 cm³/mol. The first-order chi connectivity index (χ1) is 13.6. The average Bonchev–Trinajstić information content (AvgIpc) is 2.72. The number of nitrogens with zero attached hydrogens (tertiary/aromatic N) is 1. The first kappa shape index (κ1) is 20.4. The second-order valence-electron chi connectivity index (χ2n) is 5.99. The molecule has 0 heterocycles. The number of hydrogen-bond donors (Lipinski definition) is 0. The molecule has 3 rings (SSSR count). The summed E-state index contributed by atoms with van der Waals surface area (Å²) in [5.41, 5.74) is 0.769. The van der Waals surface area contributed by atoms with Crippen LogP contribution >= 0.6 is 23.5 Å². The van der Waals surface area contributed by atoms with E-state index in [1.54, 1.807) is 18.2 Å². The highest BCUT2D eigenvalue weighted by molar-refractivity contribution is 7.97. The number of benzene rings is 3. The molecule has 0 aromatic heterocycles. The van der Waals surface area contributed by atoms with E-state index >= 15 is 0 Å². The molecule has 0 saturated heterocycles. The van der Waals surface area contributed by atoms with E-state index in [1.165, 1.54) is 0 Å². The van der Waals surface area contributed by atoms with Gasteiger partial charge in [0.2, 0.25) is 0 Å². The lowest BCUT2D eigenvalue weighted by atomic mass is 10.1. The van der Waals surface area contributed by atoms with Crippen molar-refractivity contribution >= 4 is 40.4 Å². The molecule has 3 aromatic rings. The Labute approximate surface area is 171 Å². The number of hydrogen-bond acceptors (Lipinski definition) is 3. The number of carbonyl (C=O) groups is 1. The lowest BCUT2D eigenvalue weighted by Crippen LogP contribution is -2.41. The summed E-state index contributed by atoms with van der Waals surface area (Å²) in [4.78, 5) is 13.3. The zero-order chi connectivity index (χ0) is 19.9. The number of alkyl halides is 3.